The van der Waals surface area contributed by atoms with Crippen LogP contribution in [0.15, 0.2) is 12.1 Å². The number of rotatable bonds is 4. The van der Waals surface area contributed by atoms with E-state index in [1.807, 2.05) is 19.2 Å². The number of halogens is 3. The van der Waals surface area contributed by atoms with Gasteiger partial charge in [0, 0.05) is 5.56 Å². The van der Waals surface area contributed by atoms with E-state index in [0.29, 0.717) is 11.3 Å². The minimum Gasteiger partial charge on any atom is -0.492 e. The summed E-state index contributed by atoms with van der Waals surface area (Å²) >= 11 is 0. The van der Waals surface area contributed by atoms with Crippen LogP contribution in [0.5, 0.6) is 5.75 Å². The van der Waals surface area contributed by atoms with E-state index in [4.69, 9.17) is 9.84 Å². The van der Waals surface area contributed by atoms with Gasteiger partial charge in [-0.2, -0.15) is 13.2 Å². The molecule has 0 spiro atoms. The van der Waals surface area contributed by atoms with E-state index in [2.05, 4.69) is 0 Å². The second-order valence-electron chi connectivity index (χ2n) is 5.56. The minimum atomic E-state index is -4.69. The first kappa shape index (κ1) is 17.1. The molecule has 0 aromatic heterocycles. The van der Waals surface area contributed by atoms with Gasteiger partial charge in [-0.05, 0) is 31.0 Å². The van der Waals surface area contributed by atoms with Crippen LogP contribution in [-0.2, 0) is 9.59 Å². The molecule has 5 nitrogen and oxygen atoms in total. The van der Waals surface area contributed by atoms with Crippen molar-refractivity contribution in [3.05, 3.63) is 28.8 Å². The van der Waals surface area contributed by atoms with E-state index in [0.717, 1.165) is 11.1 Å². The largest absolute Gasteiger partial charge is 0.492 e. The zero-order chi connectivity index (χ0) is 17.4. The average molecular weight is 331 g/mol. The third-order valence-corrected chi connectivity index (χ3v) is 3.77. The fourth-order valence-corrected chi connectivity index (χ4v) is 2.39. The van der Waals surface area contributed by atoms with Gasteiger partial charge in [0.05, 0.1) is 6.42 Å². The Hall–Kier alpha value is -2.25. The smallest absolute Gasteiger partial charge is 0.391 e. The van der Waals surface area contributed by atoms with Crippen LogP contribution in [-0.4, -0.2) is 35.8 Å². The first-order chi connectivity index (χ1) is 10.6. The van der Waals surface area contributed by atoms with Gasteiger partial charge >= 0.3 is 12.1 Å². The lowest BCUT2D eigenvalue weighted by molar-refractivity contribution is -0.160. The van der Waals surface area contributed by atoms with Gasteiger partial charge in [-0.3, -0.25) is 4.79 Å². The van der Waals surface area contributed by atoms with Crippen molar-refractivity contribution in [3.63, 3.8) is 0 Å². The van der Waals surface area contributed by atoms with Gasteiger partial charge in [-0.15, -0.1) is 0 Å². The highest BCUT2D eigenvalue weighted by Gasteiger charge is 2.39. The number of carbonyl (C=O) groups excluding carboxylic acids is 1. The van der Waals surface area contributed by atoms with Crippen molar-refractivity contribution in [2.45, 2.75) is 38.4 Å². The Morgan fingerprint density at radius 3 is 2.52 bits per heavy atom. The molecule has 0 aliphatic carbocycles. The number of fused-ring (bicyclic) bond motifs is 1. The summed E-state index contributed by atoms with van der Waals surface area (Å²) in [6.07, 6.45) is -6.31. The van der Waals surface area contributed by atoms with E-state index < -0.39 is 36.4 Å². The van der Waals surface area contributed by atoms with Crippen molar-refractivity contribution < 1.29 is 32.6 Å². The highest BCUT2D eigenvalue weighted by molar-refractivity contribution is 5.89. The molecule has 2 unspecified atom stereocenters. The second-order valence-corrected chi connectivity index (χ2v) is 5.56. The molecule has 2 N–H and O–H groups in total. The summed E-state index contributed by atoms with van der Waals surface area (Å²) in [5.74, 6) is -2.84. The molecule has 1 aromatic carbocycles. The zero-order valence-corrected chi connectivity index (χ0v) is 12.5. The standard InChI is InChI=1S/C15H16F3NO4/c1-7-3-9-10(6-23-12(9)4-8(7)2)13(20)19-11(14(21)22)5-15(16,17)18/h3-4,10-11H,5-6H2,1-2H3,(H,19,20)(H,21,22). The number of carboxylic acid groups (broad SMARTS) is 1. The summed E-state index contributed by atoms with van der Waals surface area (Å²) in [6.45, 7) is 3.69. The van der Waals surface area contributed by atoms with Gasteiger partial charge in [-0.1, -0.05) is 6.07 Å². The maximum Gasteiger partial charge on any atom is 0.391 e. The van der Waals surface area contributed by atoms with Gasteiger partial charge in [0.2, 0.25) is 5.91 Å². The van der Waals surface area contributed by atoms with Crippen LogP contribution in [0.3, 0.4) is 0 Å². The SMILES string of the molecule is Cc1cc2c(cc1C)C(C(=O)NC(CC(F)(F)F)C(=O)O)CO2. The third-order valence-electron chi connectivity index (χ3n) is 3.77. The predicted octanol–water partition coefficient (Wildman–Crippen LogP) is 2.30. The lowest BCUT2D eigenvalue weighted by Crippen LogP contribution is -2.45. The molecule has 1 amide bonds. The summed E-state index contributed by atoms with van der Waals surface area (Å²) in [7, 11) is 0. The maximum atomic E-state index is 12.4. The highest BCUT2D eigenvalue weighted by Crippen LogP contribution is 2.36. The Labute approximate surface area is 130 Å². The van der Waals surface area contributed by atoms with Crippen molar-refractivity contribution >= 4 is 11.9 Å². The van der Waals surface area contributed by atoms with E-state index in [-0.39, 0.29) is 6.61 Å². The summed E-state index contributed by atoms with van der Waals surface area (Å²) in [5, 5.41) is 10.8. The van der Waals surface area contributed by atoms with Gasteiger partial charge in [0.1, 0.15) is 24.3 Å². The third kappa shape index (κ3) is 3.94. The monoisotopic (exact) mass is 331 g/mol. The van der Waals surface area contributed by atoms with Crippen molar-refractivity contribution in [3.8, 4) is 5.75 Å². The number of alkyl halides is 3. The summed E-state index contributed by atoms with van der Waals surface area (Å²) < 4.78 is 42.6. The fraction of sp³-hybridized carbons (Fsp3) is 0.467. The lowest BCUT2D eigenvalue weighted by Gasteiger charge is -2.18. The van der Waals surface area contributed by atoms with Gasteiger partial charge in [-0.25, -0.2) is 4.79 Å². The Balaban J connectivity index is 2.16. The summed E-state index contributed by atoms with van der Waals surface area (Å²) in [5.41, 5.74) is 2.43. The molecule has 1 aliphatic heterocycles. The zero-order valence-electron chi connectivity index (χ0n) is 12.5. The van der Waals surface area contributed by atoms with Crippen molar-refractivity contribution in [2.24, 2.45) is 0 Å². The van der Waals surface area contributed by atoms with Crippen molar-refractivity contribution in [1.82, 2.24) is 5.32 Å². The molecule has 0 fully saturated rings. The molecule has 2 rings (SSSR count). The van der Waals surface area contributed by atoms with Crippen molar-refractivity contribution in [2.75, 3.05) is 6.61 Å². The van der Waals surface area contributed by atoms with Gasteiger partial charge < -0.3 is 15.2 Å². The van der Waals surface area contributed by atoms with Crippen LogP contribution in [0.2, 0.25) is 0 Å². The number of nitrogens with one attached hydrogen (secondary N) is 1. The molecule has 2 atom stereocenters. The van der Waals surface area contributed by atoms with Gasteiger partial charge in [0.25, 0.3) is 0 Å². The molecule has 1 aromatic rings. The summed E-state index contributed by atoms with van der Waals surface area (Å²) in [4.78, 5) is 23.1. The topological polar surface area (TPSA) is 75.6 Å². The normalized spacial score (nSPS) is 18.0. The number of carboxylic acids is 1. The Bertz CT molecular complexity index is 642. The number of ether oxygens (including phenoxy) is 1. The number of carbonyl (C=O) groups is 2. The van der Waals surface area contributed by atoms with Crippen LogP contribution < -0.4 is 10.1 Å². The number of hydrogen-bond donors (Lipinski definition) is 2. The molecular weight excluding hydrogens is 315 g/mol. The number of aryl methyl sites for hydroxylation is 2. The van der Waals surface area contributed by atoms with E-state index in [1.54, 1.807) is 12.1 Å². The predicted molar refractivity (Wildman–Crippen MR) is 74.4 cm³/mol. The average Bonchev–Trinajstić information content (AvgIpc) is 2.79. The van der Waals surface area contributed by atoms with Crippen LogP contribution in [0.1, 0.15) is 29.0 Å². The molecule has 1 aliphatic rings. The van der Waals surface area contributed by atoms with Crippen LogP contribution in [0, 0.1) is 13.8 Å². The van der Waals surface area contributed by atoms with Crippen LogP contribution >= 0.6 is 0 Å². The van der Waals surface area contributed by atoms with Crippen LogP contribution in [0.4, 0.5) is 13.2 Å². The molecule has 0 saturated heterocycles. The van der Waals surface area contributed by atoms with E-state index in [1.165, 1.54) is 0 Å². The van der Waals surface area contributed by atoms with Crippen molar-refractivity contribution in [1.29, 1.82) is 0 Å². The number of benzene rings is 1. The lowest BCUT2D eigenvalue weighted by atomic mass is 9.96. The fourth-order valence-electron chi connectivity index (χ4n) is 2.39. The minimum absolute atomic E-state index is 0.0254. The molecule has 0 radical (unpaired) electrons. The molecule has 126 valence electrons. The maximum absolute atomic E-state index is 12.4. The van der Waals surface area contributed by atoms with E-state index in [9.17, 15) is 22.8 Å². The Kier molecular flexibility index (Phi) is 4.53. The van der Waals surface area contributed by atoms with Gasteiger partial charge in [0.15, 0.2) is 0 Å². The number of amides is 1. The molecule has 8 heteroatoms. The second kappa shape index (κ2) is 6.10. The summed E-state index contributed by atoms with van der Waals surface area (Å²) in [6, 6.07) is 1.47. The quantitative estimate of drug-likeness (QED) is 0.888. The first-order valence-corrected chi connectivity index (χ1v) is 6.92. The molecule has 23 heavy (non-hydrogen) atoms. The molecule has 0 bridgehead atoms. The molecule has 1 heterocycles. The number of hydrogen-bond acceptors (Lipinski definition) is 3. The van der Waals surface area contributed by atoms with Crippen LogP contribution in [0.25, 0.3) is 0 Å². The Morgan fingerprint density at radius 2 is 1.96 bits per heavy atom. The van der Waals surface area contributed by atoms with E-state index >= 15 is 0 Å². The number of aliphatic carboxylic acids is 1. The Morgan fingerprint density at radius 1 is 1.35 bits per heavy atom. The molecule has 0 saturated carbocycles. The molecular formula is C15H16F3NO4. The highest BCUT2D eigenvalue weighted by atomic mass is 19.4. The first-order valence-electron chi connectivity index (χ1n) is 6.92.